The Kier molecular flexibility index (Phi) is 5.48. The molecule has 4 heteroatoms. The monoisotopic (exact) mass is 294 g/mol. The lowest BCUT2D eigenvalue weighted by Gasteiger charge is -2.36. The summed E-state index contributed by atoms with van der Waals surface area (Å²) in [6, 6.07) is 3.80. The number of ether oxygens (including phenoxy) is 3. The van der Waals surface area contributed by atoms with Crippen molar-refractivity contribution in [3.05, 3.63) is 23.3 Å². The zero-order valence-corrected chi connectivity index (χ0v) is 13.4. The molecule has 0 saturated heterocycles. The van der Waals surface area contributed by atoms with Crippen LogP contribution in [0.5, 0.6) is 11.5 Å². The summed E-state index contributed by atoms with van der Waals surface area (Å²) in [7, 11) is 3.23. The maximum absolute atomic E-state index is 10.5. The quantitative estimate of drug-likeness (QED) is 0.838. The van der Waals surface area contributed by atoms with Gasteiger partial charge in [0.25, 0.3) is 0 Å². The number of hydrogen-bond acceptors (Lipinski definition) is 4. The average molecular weight is 294 g/mol. The maximum atomic E-state index is 10.5. The van der Waals surface area contributed by atoms with Gasteiger partial charge < -0.3 is 19.3 Å². The largest absolute Gasteiger partial charge is 0.493 e. The molecular weight excluding hydrogens is 268 g/mol. The van der Waals surface area contributed by atoms with E-state index in [1.807, 2.05) is 26.0 Å². The fourth-order valence-corrected chi connectivity index (χ4v) is 3.04. The molecule has 0 heterocycles. The van der Waals surface area contributed by atoms with Gasteiger partial charge >= 0.3 is 0 Å². The lowest BCUT2D eigenvalue weighted by molar-refractivity contribution is -0.0380. The Morgan fingerprint density at radius 1 is 1.19 bits per heavy atom. The molecule has 1 aromatic carbocycles. The van der Waals surface area contributed by atoms with Crippen LogP contribution >= 0.6 is 0 Å². The number of aryl methyl sites for hydroxylation is 1. The van der Waals surface area contributed by atoms with E-state index in [1.165, 1.54) is 0 Å². The zero-order chi connectivity index (χ0) is 15.4. The number of rotatable bonds is 7. The van der Waals surface area contributed by atoms with Gasteiger partial charge in [-0.3, -0.25) is 0 Å². The van der Waals surface area contributed by atoms with Gasteiger partial charge in [0.2, 0.25) is 0 Å². The van der Waals surface area contributed by atoms with Crippen molar-refractivity contribution in [1.82, 2.24) is 0 Å². The molecule has 1 unspecified atom stereocenters. The fraction of sp³-hybridized carbons (Fsp3) is 0.647. The SMILES string of the molecule is CCOC1CC(CC(O)c2cc(OC)c(OC)cc2C)C1. The number of aliphatic hydroxyl groups is 1. The molecule has 0 radical (unpaired) electrons. The minimum Gasteiger partial charge on any atom is -0.493 e. The third-order valence-electron chi connectivity index (χ3n) is 4.28. The Morgan fingerprint density at radius 3 is 2.38 bits per heavy atom. The predicted octanol–water partition coefficient (Wildman–Crippen LogP) is 3.25. The van der Waals surface area contributed by atoms with Crippen LogP contribution in [0.25, 0.3) is 0 Å². The molecule has 1 N–H and O–H groups in total. The second-order valence-corrected chi connectivity index (χ2v) is 5.73. The fourth-order valence-electron chi connectivity index (χ4n) is 3.04. The summed E-state index contributed by atoms with van der Waals surface area (Å²) in [6.07, 6.45) is 2.81. The molecule has 0 spiro atoms. The number of aliphatic hydroxyl groups excluding tert-OH is 1. The third-order valence-corrected chi connectivity index (χ3v) is 4.28. The molecule has 2 rings (SSSR count). The third kappa shape index (κ3) is 3.69. The Morgan fingerprint density at radius 2 is 1.81 bits per heavy atom. The van der Waals surface area contributed by atoms with Gasteiger partial charge in [-0.25, -0.2) is 0 Å². The van der Waals surface area contributed by atoms with Gasteiger partial charge in [0, 0.05) is 6.61 Å². The van der Waals surface area contributed by atoms with Crippen molar-refractivity contribution >= 4 is 0 Å². The Balaban J connectivity index is 2.01. The van der Waals surface area contributed by atoms with Crippen molar-refractivity contribution in [2.45, 2.75) is 45.3 Å². The Labute approximate surface area is 127 Å². The molecule has 1 atom stereocenters. The topological polar surface area (TPSA) is 47.9 Å². The predicted molar refractivity (Wildman–Crippen MR) is 82.0 cm³/mol. The molecule has 1 fully saturated rings. The lowest BCUT2D eigenvalue weighted by atomic mass is 9.77. The molecular formula is C17H26O4. The zero-order valence-electron chi connectivity index (χ0n) is 13.4. The van der Waals surface area contributed by atoms with Crippen LogP contribution in [0.4, 0.5) is 0 Å². The molecule has 1 saturated carbocycles. The van der Waals surface area contributed by atoms with Gasteiger partial charge in [-0.15, -0.1) is 0 Å². The summed E-state index contributed by atoms with van der Waals surface area (Å²) >= 11 is 0. The van der Waals surface area contributed by atoms with Crippen molar-refractivity contribution < 1.29 is 19.3 Å². The molecule has 0 aromatic heterocycles. The number of methoxy groups -OCH3 is 2. The lowest BCUT2D eigenvalue weighted by Crippen LogP contribution is -2.32. The molecule has 0 bridgehead atoms. The normalized spacial score (nSPS) is 22.5. The van der Waals surface area contributed by atoms with Gasteiger partial charge in [-0.05, 0) is 62.3 Å². The first-order chi connectivity index (χ1) is 10.1. The molecule has 4 nitrogen and oxygen atoms in total. The highest BCUT2D eigenvalue weighted by molar-refractivity contribution is 5.47. The van der Waals surface area contributed by atoms with Crippen molar-refractivity contribution in [2.75, 3.05) is 20.8 Å². The number of hydrogen-bond donors (Lipinski definition) is 1. The van der Waals surface area contributed by atoms with Crippen molar-refractivity contribution in [1.29, 1.82) is 0 Å². The second-order valence-electron chi connectivity index (χ2n) is 5.73. The van der Waals surface area contributed by atoms with Gasteiger partial charge in [-0.2, -0.15) is 0 Å². The van der Waals surface area contributed by atoms with Crippen LogP contribution in [0.3, 0.4) is 0 Å². The second kappa shape index (κ2) is 7.14. The maximum Gasteiger partial charge on any atom is 0.161 e. The van der Waals surface area contributed by atoms with E-state index in [1.54, 1.807) is 14.2 Å². The highest BCUT2D eigenvalue weighted by Gasteiger charge is 2.31. The number of benzene rings is 1. The summed E-state index contributed by atoms with van der Waals surface area (Å²) in [4.78, 5) is 0. The van der Waals surface area contributed by atoms with E-state index in [4.69, 9.17) is 14.2 Å². The van der Waals surface area contributed by atoms with E-state index in [0.29, 0.717) is 23.5 Å². The molecule has 21 heavy (non-hydrogen) atoms. The van der Waals surface area contributed by atoms with Crippen LogP contribution in [0, 0.1) is 12.8 Å². The summed E-state index contributed by atoms with van der Waals surface area (Å²) < 4.78 is 16.2. The van der Waals surface area contributed by atoms with Gasteiger partial charge in [-0.1, -0.05) is 0 Å². The van der Waals surface area contributed by atoms with Gasteiger partial charge in [0.15, 0.2) is 11.5 Å². The van der Waals surface area contributed by atoms with Crippen molar-refractivity contribution in [2.24, 2.45) is 5.92 Å². The highest BCUT2D eigenvalue weighted by Crippen LogP contribution is 2.39. The molecule has 1 aliphatic carbocycles. The molecule has 0 aliphatic heterocycles. The van der Waals surface area contributed by atoms with Gasteiger partial charge in [0.1, 0.15) is 0 Å². The summed E-state index contributed by atoms with van der Waals surface area (Å²) in [5.74, 6) is 1.91. The molecule has 1 aromatic rings. The molecule has 1 aliphatic rings. The standard InChI is InChI=1S/C17H26O4/c1-5-21-13-7-12(8-13)9-15(18)14-10-17(20-4)16(19-3)6-11(14)2/h6,10,12-13,15,18H,5,7-9H2,1-4H3. The van der Waals surface area contributed by atoms with E-state index in [0.717, 1.165) is 37.0 Å². The molecule has 0 amide bonds. The van der Waals surface area contributed by atoms with Crippen molar-refractivity contribution in [3.63, 3.8) is 0 Å². The van der Waals surface area contributed by atoms with Crippen LogP contribution in [0.1, 0.15) is 43.4 Å². The highest BCUT2D eigenvalue weighted by atomic mass is 16.5. The van der Waals surface area contributed by atoms with Crippen molar-refractivity contribution in [3.8, 4) is 11.5 Å². The smallest absolute Gasteiger partial charge is 0.161 e. The van der Waals surface area contributed by atoms with Crippen LogP contribution in [0.15, 0.2) is 12.1 Å². The van der Waals surface area contributed by atoms with Crippen LogP contribution < -0.4 is 9.47 Å². The van der Waals surface area contributed by atoms with E-state index >= 15 is 0 Å². The Hall–Kier alpha value is -1.26. The first kappa shape index (κ1) is 16.1. The van der Waals surface area contributed by atoms with Crippen LogP contribution in [-0.4, -0.2) is 32.0 Å². The minimum absolute atomic E-state index is 0.388. The summed E-state index contributed by atoms with van der Waals surface area (Å²) in [5.41, 5.74) is 1.95. The summed E-state index contributed by atoms with van der Waals surface area (Å²) in [6.45, 7) is 4.79. The van der Waals surface area contributed by atoms with E-state index in [2.05, 4.69) is 0 Å². The van der Waals surface area contributed by atoms with Crippen LogP contribution in [-0.2, 0) is 4.74 Å². The minimum atomic E-state index is -0.461. The van der Waals surface area contributed by atoms with Gasteiger partial charge in [0.05, 0.1) is 26.4 Å². The molecule has 118 valence electrons. The van der Waals surface area contributed by atoms with E-state index < -0.39 is 6.10 Å². The first-order valence-electron chi connectivity index (χ1n) is 7.61. The first-order valence-corrected chi connectivity index (χ1v) is 7.61. The average Bonchev–Trinajstić information content (AvgIpc) is 2.44. The van der Waals surface area contributed by atoms with E-state index in [9.17, 15) is 5.11 Å². The van der Waals surface area contributed by atoms with E-state index in [-0.39, 0.29) is 0 Å². The van der Waals surface area contributed by atoms with Crippen LogP contribution in [0.2, 0.25) is 0 Å². The summed E-state index contributed by atoms with van der Waals surface area (Å²) in [5, 5.41) is 10.5. The Bertz CT molecular complexity index is 466.